The van der Waals surface area contributed by atoms with E-state index in [4.69, 9.17) is 0 Å². The van der Waals surface area contributed by atoms with Crippen molar-refractivity contribution < 1.29 is 17.6 Å². The number of sulfone groups is 1. The van der Waals surface area contributed by atoms with Gasteiger partial charge in [-0.15, -0.1) is 0 Å². The first kappa shape index (κ1) is 17.4. The van der Waals surface area contributed by atoms with Crippen LogP contribution in [0.15, 0.2) is 23.1 Å². The molecule has 1 aromatic rings. The molecule has 0 heterocycles. The summed E-state index contributed by atoms with van der Waals surface area (Å²) in [6.45, 7) is 0. The monoisotopic (exact) mass is 353 g/mol. The van der Waals surface area contributed by atoms with E-state index in [2.05, 4.69) is 5.32 Å². The van der Waals surface area contributed by atoms with Crippen LogP contribution in [0.3, 0.4) is 0 Å². The second kappa shape index (κ2) is 6.82. The zero-order valence-electron chi connectivity index (χ0n) is 13.9. The number of carbonyl (C=O) groups excluding carboxylic acids is 1. The average Bonchev–Trinajstić information content (AvgIpc) is 2.44. The maximum absolute atomic E-state index is 13.9. The van der Waals surface area contributed by atoms with Crippen LogP contribution in [-0.4, -0.2) is 20.6 Å². The molecule has 0 bridgehead atoms. The van der Waals surface area contributed by atoms with Gasteiger partial charge in [0.25, 0.3) is 0 Å². The van der Waals surface area contributed by atoms with Crippen LogP contribution in [0.5, 0.6) is 0 Å². The van der Waals surface area contributed by atoms with E-state index in [0.717, 1.165) is 49.8 Å². The van der Waals surface area contributed by atoms with Crippen molar-refractivity contribution in [3.05, 3.63) is 24.0 Å². The van der Waals surface area contributed by atoms with E-state index in [1.807, 2.05) is 0 Å². The van der Waals surface area contributed by atoms with Crippen molar-refractivity contribution in [2.45, 2.75) is 49.8 Å². The lowest BCUT2D eigenvalue weighted by Crippen LogP contribution is -2.31. The highest BCUT2D eigenvalue weighted by Crippen LogP contribution is 2.42. The van der Waals surface area contributed by atoms with Crippen molar-refractivity contribution in [3.8, 4) is 0 Å². The van der Waals surface area contributed by atoms with Gasteiger partial charge in [-0.3, -0.25) is 4.79 Å². The molecule has 6 heteroatoms. The van der Waals surface area contributed by atoms with Gasteiger partial charge in [-0.1, -0.05) is 25.3 Å². The van der Waals surface area contributed by atoms with Crippen molar-refractivity contribution >= 4 is 21.4 Å². The molecule has 2 aliphatic carbocycles. The molecule has 0 aliphatic heterocycles. The Morgan fingerprint density at radius 1 is 1.08 bits per heavy atom. The van der Waals surface area contributed by atoms with Crippen molar-refractivity contribution in [2.24, 2.45) is 17.8 Å². The molecule has 2 fully saturated rings. The van der Waals surface area contributed by atoms with E-state index in [-0.39, 0.29) is 17.5 Å². The molecule has 3 rings (SSSR count). The molecule has 1 N–H and O–H groups in total. The molecule has 132 valence electrons. The normalized spacial score (nSPS) is 25.1. The van der Waals surface area contributed by atoms with Gasteiger partial charge in [-0.05, 0) is 49.7 Å². The van der Waals surface area contributed by atoms with E-state index in [9.17, 15) is 17.6 Å². The van der Waals surface area contributed by atoms with Crippen LogP contribution in [0.25, 0.3) is 0 Å². The van der Waals surface area contributed by atoms with E-state index in [1.165, 1.54) is 31.4 Å². The quantitative estimate of drug-likeness (QED) is 0.896. The predicted molar refractivity (Wildman–Crippen MR) is 90.9 cm³/mol. The second-order valence-electron chi connectivity index (χ2n) is 7.18. The van der Waals surface area contributed by atoms with Crippen LogP contribution >= 0.6 is 0 Å². The Kier molecular flexibility index (Phi) is 4.95. The molecule has 0 radical (unpaired) electrons. The fraction of sp³-hybridized carbons (Fsp3) is 0.611. The maximum atomic E-state index is 13.9. The summed E-state index contributed by atoms with van der Waals surface area (Å²) in [5, 5.41) is 2.64. The molecule has 24 heavy (non-hydrogen) atoms. The van der Waals surface area contributed by atoms with Crippen molar-refractivity contribution in [1.29, 1.82) is 0 Å². The maximum Gasteiger partial charge on any atom is 0.227 e. The Morgan fingerprint density at radius 3 is 2.25 bits per heavy atom. The molecule has 0 saturated heterocycles. The largest absolute Gasteiger partial charge is 0.325 e. The van der Waals surface area contributed by atoms with E-state index >= 15 is 0 Å². The minimum absolute atomic E-state index is 0.0450. The Balaban J connectivity index is 1.67. The lowest BCUT2D eigenvalue weighted by Gasteiger charge is -2.38. The molecule has 0 aromatic heterocycles. The molecule has 0 spiro atoms. The van der Waals surface area contributed by atoms with Gasteiger partial charge < -0.3 is 5.32 Å². The molecule has 1 aromatic carbocycles. The van der Waals surface area contributed by atoms with Crippen LogP contribution in [0.2, 0.25) is 0 Å². The van der Waals surface area contributed by atoms with Gasteiger partial charge in [0.15, 0.2) is 9.84 Å². The SMILES string of the molecule is CS(=O)(=O)c1c(F)cccc1NC(=O)C1CCC(C2CCC2)CC1. The zero-order chi connectivity index (χ0) is 17.3. The third-order valence-corrected chi connectivity index (χ3v) is 6.71. The van der Waals surface area contributed by atoms with Crippen LogP contribution in [0.4, 0.5) is 10.1 Å². The predicted octanol–water partition coefficient (Wildman–Crippen LogP) is 3.77. The van der Waals surface area contributed by atoms with E-state index < -0.39 is 20.5 Å². The minimum atomic E-state index is -3.75. The molecule has 0 unspecified atom stereocenters. The number of anilines is 1. The zero-order valence-corrected chi connectivity index (χ0v) is 14.7. The van der Waals surface area contributed by atoms with Crippen molar-refractivity contribution in [2.75, 3.05) is 11.6 Å². The number of benzene rings is 1. The second-order valence-corrected chi connectivity index (χ2v) is 9.13. The molecule has 4 nitrogen and oxygen atoms in total. The van der Waals surface area contributed by atoms with Gasteiger partial charge in [0.1, 0.15) is 10.7 Å². The molecular formula is C18H24FNO3S. The summed E-state index contributed by atoms with van der Waals surface area (Å²) >= 11 is 0. The smallest absolute Gasteiger partial charge is 0.227 e. The topological polar surface area (TPSA) is 63.2 Å². The summed E-state index contributed by atoms with van der Waals surface area (Å²) < 4.78 is 37.5. The summed E-state index contributed by atoms with van der Waals surface area (Å²) in [5.74, 6) is 0.441. The molecule has 1 amide bonds. The highest BCUT2D eigenvalue weighted by Gasteiger charge is 2.33. The summed E-state index contributed by atoms with van der Waals surface area (Å²) in [5.41, 5.74) is 0.0450. The molecule has 2 saturated carbocycles. The number of amides is 1. The van der Waals surface area contributed by atoms with Crippen molar-refractivity contribution in [3.63, 3.8) is 0 Å². The Bertz CT molecular complexity index is 720. The number of carbonyl (C=O) groups is 1. The van der Waals surface area contributed by atoms with Crippen LogP contribution < -0.4 is 5.32 Å². The van der Waals surface area contributed by atoms with Gasteiger partial charge in [-0.2, -0.15) is 0 Å². The standard InChI is InChI=1S/C18H24FNO3S/c1-24(22,23)17-15(19)6-3-7-16(17)20-18(21)14-10-8-13(9-11-14)12-4-2-5-12/h3,6-7,12-14H,2,4-5,8-11H2,1H3,(H,20,21). The average molecular weight is 353 g/mol. The summed E-state index contributed by atoms with van der Waals surface area (Å²) in [7, 11) is -3.75. The van der Waals surface area contributed by atoms with Crippen LogP contribution in [0, 0.1) is 23.6 Å². The lowest BCUT2D eigenvalue weighted by molar-refractivity contribution is -0.121. The first-order valence-corrected chi connectivity index (χ1v) is 10.5. The van der Waals surface area contributed by atoms with Crippen LogP contribution in [-0.2, 0) is 14.6 Å². The fourth-order valence-corrected chi connectivity index (χ4v) is 4.92. The summed E-state index contributed by atoms with van der Waals surface area (Å²) in [4.78, 5) is 12.1. The highest BCUT2D eigenvalue weighted by atomic mass is 32.2. The van der Waals surface area contributed by atoms with Gasteiger partial charge in [0.2, 0.25) is 5.91 Å². The number of hydrogen-bond acceptors (Lipinski definition) is 3. The third kappa shape index (κ3) is 3.63. The fourth-order valence-electron chi connectivity index (χ4n) is 3.98. The molecule has 2 aliphatic rings. The number of halogens is 1. The molecular weight excluding hydrogens is 329 g/mol. The number of nitrogens with one attached hydrogen (secondary N) is 1. The van der Waals surface area contributed by atoms with E-state index in [0.29, 0.717) is 0 Å². The van der Waals surface area contributed by atoms with Crippen LogP contribution in [0.1, 0.15) is 44.9 Å². The Hall–Kier alpha value is -1.43. The first-order valence-electron chi connectivity index (χ1n) is 8.65. The number of hydrogen-bond donors (Lipinski definition) is 1. The van der Waals surface area contributed by atoms with Gasteiger partial charge in [0.05, 0.1) is 5.69 Å². The lowest BCUT2D eigenvalue weighted by atomic mass is 9.68. The Morgan fingerprint density at radius 2 is 1.71 bits per heavy atom. The third-order valence-electron chi connectivity index (χ3n) is 5.55. The first-order chi connectivity index (χ1) is 11.4. The summed E-state index contributed by atoms with van der Waals surface area (Å²) in [6.07, 6.45) is 8.71. The van der Waals surface area contributed by atoms with Crippen molar-refractivity contribution in [1.82, 2.24) is 0 Å². The van der Waals surface area contributed by atoms with E-state index in [1.54, 1.807) is 0 Å². The molecule has 0 atom stereocenters. The van der Waals surface area contributed by atoms with Gasteiger partial charge in [0, 0.05) is 12.2 Å². The highest BCUT2D eigenvalue weighted by molar-refractivity contribution is 7.90. The number of rotatable bonds is 4. The van der Waals surface area contributed by atoms with Gasteiger partial charge >= 0.3 is 0 Å². The minimum Gasteiger partial charge on any atom is -0.325 e. The summed E-state index contributed by atoms with van der Waals surface area (Å²) in [6, 6.07) is 3.94. The Labute approximate surface area is 142 Å². The van der Waals surface area contributed by atoms with Gasteiger partial charge in [-0.25, -0.2) is 12.8 Å².